The van der Waals surface area contributed by atoms with E-state index in [4.69, 9.17) is 0 Å². The molecular formula is C8H9BrO2. The van der Waals surface area contributed by atoms with Crippen molar-refractivity contribution in [2.45, 2.75) is 6.10 Å². The Labute approximate surface area is 73.7 Å². The van der Waals surface area contributed by atoms with Crippen LogP contribution in [0.2, 0.25) is 0 Å². The second-order valence-electron chi connectivity index (χ2n) is 2.55. The highest BCUT2D eigenvalue weighted by Crippen LogP contribution is 2.27. The molecule has 0 amide bonds. The maximum atomic E-state index is 10.6. The molecule has 0 heterocycles. The van der Waals surface area contributed by atoms with E-state index in [9.17, 15) is 9.90 Å². The van der Waals surface area contributed by atoms with Crippen LogP contribution in [-0.2, 0) is 4.79 Å². The lowest BCUT2D eigenvalue weighted by atomic mass is 9.83. The molecule has 0 aliphatic heterocycles. The first-order valence-corrected chi connectivity index (χ1v) is 4.44. The standard InChI is InChI=1S/C8H9BrO2/c9-5-8(6-10)4-2-1-3-7(8)11/h1-4,6-7,11H,5H2. The number of aldehydes is 1. The zero-order valence-corrected chi connectivity index (χ0v) is 7.49. The second kappa shape index (κ2) is 3.32. The van der Waals surface area contributed by atoms with Gasteiger partial charge in [0.05, 0.1) is 11.5 Å². The zero-order valence-electron chi connectivity index (χ0n) is 5.90. The Balaban J connectivity index is 2.91. The van der Waals surface area contributed by atoms with Gasteiger partial charge in [-0.05, 0) is 0 Å². The molecule has 0 aromatic rings. The van der Waals surface area contributed by atoms with Crippen LogP contribution in [0.4, 0.5) is 0 Å². The molecule has 0 fully saturated rings. The summed E-state index contributed by atoms with van der Waals surface area (Å²) in [5, 5.41) is 9.87. The summed E-state index contributed by atoms with van der Waals surface area (Å²) >= 11 is 3.19. The number of alkyl halides is 1. The fourth-order valence-corrected chi connectivity index (χ4v) is 1.60. The van der Waals surface area contributed by atoms with Gasteiger partial charge in [-0.15, -0.1) is 0 Å². The molecule has 1 aliphatic rings. The van der Waals surface area contributed by atoms with Crippen molar-refractivity contribution in [2.24, 2.45) is 5.41 Å². The summed E-state index contributed by atoms with van der Waals surface area (Å²) in [7, 11) is 0. The van der Waals surface area contributed by atoms with Crippen molar-refractivity contribution in [1.82, 2.24) is 0 Å². The van der Waals surface area contributed by atoms with Crippen LogP contribution in [0.5, 0.6) is 0 Å². The molecule has 0 saturated carbocycles. The minimum atomic E-state index is -0.755. The monoisotopic (exact) mass is 216 g/mol. The van der Waals surface area contributed by atoms with Crippen molar-refractivity contribution in [3.05, 3.63) is 24.3 Å². The summed E-state index contributed by atoms with van der Waals surface area (Å²) in [5.41, 5.74) is -0.755. The minimum Gasteiger partial charge on any atom is -0.388 e. The summed E-state index contributed by atoms with van der Waals surface area (Å²) in [4.78, 5) is 10.6. The topological polar surface area (TPSA) is 37.3 Å². The van der Waals surface area contributed by atoms with Gasteiger partial charge in [-0.25, -0.2) is 0 Å². The lowest BCUT2D eigenvalue weighted by molar-refractivity contribution is -0.116. The number of carbonyl (C=O) groups excluding carboxylic acids is 1. The number of rotatable bonds is 2. The summed E-state index contributed by atoms with van der Waals surface area (Å²) in [6, 6.07) is 0. The third-order valence-electron chi connectivity index (χ3n) is 1.81. The predicted molar refractivity (Wildman–Crippen MR) is 46.6 cm³/mol. The third-order valence-corrected chi connectivity index (χ3v) is 2.78. The van der Waals surface area contributed by atoms with Crippen LogP contribution in [0, 0.1) is 5.41 Å². The van der Waals surface area contributed by atoms with Gasteiger partial charge in [-0.2, -0.15) is 0 Å². The Bertz CT molecular complexity index is 210. The van der Waals surface area contributed by atoms with Gasteiger partial charge < -0.3 is 9.90 Å². The molecule has 1 rings (SSSR count). The molecular weight excluding hydrogens is 208 g/mol. The number of carbonyl (C=O) groups is 1. The fourth-order valence-electron chi connectivity index (χ4n) is 0.946. The molecule has 0 aromatic carbocycles. The highest BCUT2D eigenvalue weighted by atomic mass is 79.9. The smallest absolute Gasteiger partial charge is 0.133 e. The summed E-state index contributed by atoms with van der Waals surface area (Å²) in [6.07, 6.45) is 6.88. The maximum Gasteiger partial charge on any atom is 0.133 e. The largest absolute Gasteiger partial charge is 0.388 e. The van der Waals surface area contributed by atoms with Crippen LogP contribution in [-0.4, -0.2) is 22.8 Å². The normalized spacial score (nSPS) is 35.6. The van der Waals surface area contributed by atoms with E-state index < -0.39 is 11.5 Å². The first-order valence-electron chi connectivity index (χ1n) is 3.31. The number of hydrogen-bond donors (Lipinski definition) is 1. The predicted octanol–water partition coefficient (Wildman–Crippen LogP) is 1.05. The van der Waals surface area contributed by atoms with E-state index in [1.807, 2.05) is 0 Å². The minimum absolute atomic E-state index is 0.450. The van der Waals surface area contributed by atoms with Crippen LogP contribution in [0.25, 0.3) is 0 Å². The average Bonchev–Trinajstić information content (AvgIpc) is 2.06. The van der Waals surface area contributed by atoms with Crippen LogP contribution in [0.3, 0.4) is 0 Å². The fraction of sp³-hybridized carbons (Fsp3) is 0.375. The van der Waals surface area contributed by atoms with Gasteiger partial charge in [0.1, 0.15) is 6.29 Å². The second-order valence-corrected chi connectivity index (χ2v) is 3.11. The van der Waals surface area contributed by atoms with E-state index in [-0.39, 0.29) is 0 Å². The first-order chi connectivity index (χ1) is 5.25. The van der Waals surface area contributed by atoms with Crippen LogP contribution >= 0.6 is 15.9 Å². The van der Waals surface area contributed by atoms with E-state index >= 15 is 0 Å². The van der Waals surface area contributed by atoms with Crippen molar-refractivity contribution in [3.63, 3.8) is 0 Å². The van der Waals surface area contributed by atoms with Gasteiger partial charge in [0, 0.05) is 5.33 Å². The first kappa shape index (κ1) is 8.68. The molecule has 0 saturated heterocycles. The highest BCUT2D eigenvalue weighted by molar-refractivity contribution is 9.09. The molecule has 60 valence electrons. The molecule has 3 heteroatoms. The Morgan fingerprint density at radius 3 is 2.73 bits per heavy atom. The third kappa shape index (κ3) is 1.44. The molecule has 0 spiro atoms. The van der Waals surface area contributed by atoms with E-state index in [0.717, 1.165) is 6.29 Å². The van der Waals surface area contributed by atoms with Crippen molar-refractivity contribution >= 4 is 22.2 Å². The summed E-state index contributed by atoms with van der Waals surface area (Å²) < 4.78 is 0. The number of hydrogen-bond acceptors (Lipinski definition) is 2. The van der Waals surface area contributed by atoms with E-state index in [1.54, 1.807) is 24.3 Å². The van der Waals surface area contributed by atoms with Crippen molar-refractivity contribution in [3.8, 4) is 0 Å². The van der Waals surface area contributed by atoms with Crippen molar-refractivity contribution in [2.75, 3.05) is 5.33 Å². The molecule has 1 N–H and O–H groups in total. The van der Waals surface area contributed by atoms with Gasteiger partial charge in [0.2, 0.25) is 0 Å². The molecule has 2 nitrogen and oxygen atoms in total. The van der Waals surface area contributed by atoms with Gasteiger partial charge in [-0.1, -0.05) is 40.2 Å². The molecule has 11 heavy (non-hydrogen) atoms. The summed E-state index contributed by atoms with van der Waals surface area (Å²) in [5.74, 6) is 0. The Morgan fingerprint density at radius 1 is 1.64 bits per heavy atom. The molecule has 2 unspecified atom stereocenters. The molecule has 0 aromatic heterocycles. The van der Waals surface area contributed by atoms with E-state index in [2.05, 4.69) is 15.9 Å². The van der Waals surface area contributed by atoms with Crippen LogP contribution in [0.1, 0.15) is 0 Å². The van der Waals surface area contributed by atoms with E-state index in [1.165, 1.54) is 0 Å². The Kier molecular flexibility index (Phi) is 2.62. The highest BCUT2D eigenvalue weighted by Gasteiger charge is 2.33. The van der Waals surface area contributed by atoms with Gasteiger partial charge >= 0.3 is 0 Å². The quantitative estimate of drug-likeness (QED) is 0.554. The SMILES string of the molecule is O=CC1(CBr)C=CC=CC1O. The molecule has 0 bridgehead atoms. The van der Waals surface area contributed by atoms with Gasteiger partial charge in [0.25, 0.3) is 0 Å². The van der Waals surface area contributed by atoms with Gasteiger partial charge in [-0.3, -0.25) is 0 Å². The lowest BCUT2D eigenvalue weighted by Gasteiger charge is -2.27. The summed E-state index contributed by atoms with van der Waals surface area (Å²) in [6.45, 7) is 0. The number of aliphatic hydroxyl groups excluding tert-OH is 1. The Morgan fingerprint density at radius 2 is 2.36 bits per heavy atom. The number of halogens is 1. The number of allylic oxidation sites excluding steroid dienone is 2. The Hall–Kier alpha value is -0.410. The zero-order chi connectivity index (χ0) is 8.32. The van der Waals surface area contributed by atoms with Crippen LogP contribution < -0.4 is 0 Å². The number of aliphatic hydroxyl groups is 1. The van der Waals surface area contributed by atoms with E-state index in [0.29, 0.717) is 5.33 Å². The maximum absolute atomic E-state index is 10.6. The van der Waals surface area contributed by atoms with Crippen molar-refractivity contribution in [1.29, 1.82) is 0 Å². The van der Waals surface area contributed by atoms with Crippen LogP contribution in [0.15, 0.2) is 24.3 Å². The van der Waals surface area contributed by atoms with Crippen molar-refractivity contribution < 1.29 is 9.90 Å². The molecule has 2 atom stereocenters. The van der Waals surface area contributed by atoms with Gasteiger partial charge in [0.15, 0.2) is 0 Å². The lowest BCUT2D eigenvalue weighted by Crippen LogP contribution is -2.36. The molecule has 0 radical (unpaired) electrons. The molecule has 1 aliphatic carbocycles. The average molecular weight is 217 g/mol.